The van der Waals surface area contributed by atoms with Gasteiger partial charge in [0.15, 0.2) is 5.82 Å². The maximum Gasteiger partial charge on any atom is 0.338 e. The number of halogens is 2. The summed E-state index contributed by atoms with van der Waals surface area (Å²) in [6.07, 6.45) is 4.33. The summed E-state index contributed by atoms with van der Waals surface area (Å²) < 4.78 is 13.3. The minimum atomic E-state index is -1.29. The van der Waals surface area contributed by atoms with Crippen molar-refractivity contribution >= 4 is 28.0 Å². The molecule has 1 rings (SSSR count). The summed E-state index contributed by atoms with van der Waals surface area (Å²) in [5.74, 6) is -2.10. The third-order valence-electron chi connectivity index (χ3n) is 1.51. The summed E-state index contributed by atoms with van der Waals surface area (Å²) in [6, 6.07) is 1.13. The van der Waals surface area contributed by atoms with Crippen LogP contribution in [0, 0.1) is 5.82 Å². The zero-order chi connectivity index (χ0) is 10.6. The molecule has 0 aliphatic heterocycles. The Morgan fingerprint density at radius 2 is 2.43 bits per heavy atom. The Labute approximate surface area is 88.4 Å². The van der Waals surface area contributed by atoms with Crippen LogP contribution in [0.15, 0.2) is 18.3 Å². The topological polar surface area (TPSA) is 50.2 Å². The molecule has 0 amide bonds. The van der Waals surface area contributed by atoms with Crippen LogP contribution in [-0.2, 0) is 0 Å². The molecule has 5 heteroatoms. The Morgan fingerprint density at radius 1 is 1.71 bits per heavy atom. The van der Waals surface area contributed by atoms with E-state index in [4.69, 9.17) is 5.11 Å². The van der Waals surface area contributed by atoms with Crippen molar-refractivity contribution in [2.24, 2.45) is 0 Å². The van der Waals surface area contributed by atoms with Crippen molar-refractivity contribution in [3.8, 4) is 0 Å². The molecule has 0 aliphatic carbocycles. The maximum atomic E-state index is 13.3. The fourth-order valence-corrected chi connectivity index (χ4v) is 1.08. The molecule has 0 spiro atoms. The molecule has 1 aromatic heterocycles. The quantitative estimate of drug-likeness (QED) is 0.848. The van der Waals surface area contributed by atoms with Crippen LogP contribution in [-0.4, -0.2) is 21.4 Å². The summed E-state index contributed by atoms with van der Waals surface area (Å²) in [4.78, 5) is 14.3. The lowest BCUT2D eigenvalue weighted by Gasteiger charge is -1.99. The molecule has 0 saturated carbocycles. The second kappa shape index (κ2) is 4.85. The molecular weight excluding hydrogens is 253 g/mol. The Morgan fingerprint density at radius 3 is 3.00 bits per heavy atom. The number of rotatable bonds is 3. The van der Waals surface area contributed by atoms with Crippen LogP contribution in [0.4, 0.5) is 4.39 Å². The highest BCUT2D eigenvalue weighted by Gasteiger charge is 2.12. The molecule has 3 nitrogen and oxygen atoms in total. The molecule has 0 saturated heterocycles. The first-order valence-corrected chi connectivity index (χ1v) is 4.89. The number of hydrogen-bond acceptors (Lipinski definition) is 2. The van der Waals surface area contributed by atoms with Gasteiger partial charge in [0.05, 0.1) is 11.3 Å². The van der Waals surface area contributed by atoms with Crippen LogP contribution in [0.3, 0.4) is 0 Å². The van der Waals surface area contributed by atoms with E-state index in [0.29, 0.717) is 5.33 Å². The zero-order valence-corrected chi connectivity index (χ0v) is 8.66. The van der Waals surface area contributed by atoms with Crippen molar-refractivity contribution in [1.82, 2.24) is 4.98 Å². The van der Waals surface area contributed by atoms with E-state index in [1.54, 1.807) is 6.08 Å². The maximum absolute atomic E-state index is 13.3. The second-order valence-electron chi connectivity index (χ2n) is 2.42. The standard InChI is InChI=1S/C9H7BrFNO2/c10-4-1-2-7-8(11)6(9(13)14)3-5-12-7/h1-3,5H,4H2,(H,13,14). The van der Waals surface area contributed by atoms with E-state index in [9.17, 15) is 9.18 Å². The third kappa shape index (κ3) is 2.38. The van der Waals surface area contributed by atoms with Crippen LogP contribution < -0.4 is 0 Å². The number of carbonyl (C=O) groups is 1. The summed E-state index contributed by atoms with van der Waals surface area (Å²) in [7, 11) is 0. The van der Waals surface area contributed by atoms with E-state index in [-0.39, 0.29) is 11.3 Å². The monoisotopic (exact) mass is 259 g/mol. The van der Waals surface area contributed by atoms with E-state index < -0.39 is 11.8 Å². The number of pyridine rings is 1. The predicted octanol–water partition coefficient (Wildman–Crippen LogP) is 2.33. The Balaban J connectivity index is 3.14. The highest BCUT2D eigenvalue weighted by atomic mass is 79.9. The van der Waals surface area contributed by atoms with Crippen molar-refractivity contribution in [3.63, 3.8) is 0 Å². The van der Waals surface area contributed by atoms with Gasteiger partial charge in [0.1, 0.15) is 0 Å². The number of carboxylic acid groups (broad SMARTS) is 1. The second-order valence-corrected chi connectivity index (χ2v) is 3.07. The average molecular weight is 260 g/mol. The first-order valence-electron chi connectivity index (χ1n) is 3.77. The first kappa shape index (κ1) is 10.8. The molecular formula is C9H7BrFNO2. The Hall–Kier alpha value is -1.23. The predicted molar refractivity (Wildman–Crippen MR) is 54.0 cm³/mol. The van der Waals surface area contributed by atoms with E-state index in [0.717, 1.165) is 6.07 Å². The molecule has 1 aromatic rings. The molecule has 14 heavy (non-hydrogen) atoms. The number of carboxylic acids is 1. The van der Waals surface area contributed by atoms with Gasteiger partial charge in [-0.2, -0.15) is 0 Å². The first-order chi connectivity index (χ1) is 6.66. The minimum Gasteiger partial charge on any atom is -0.478 e. The number of aromatic nitrogens is 1. The molecule has 0 atom stereocenters. The fourth-order valence-electron chi connectivity index (χ4n) is 0.897. The van der Waals surface area contributed by atoms with E-state index in [2.05, 4.69) is 20.9 Å². The van der Waals surface area contributed by atoms with Crippen LogP contribution in [0.5, 0.6) is 0 Å². The highest BCUT2D eigenvalue weighted by Crippen LogP contribution is 2.11. The summed E-state index contributed by atoms with van der Waals surface area (Å²) in [6.45, 7) is 0. The van der Waals surface area contributed by atoms with Gasteiger partial charge in [0.2, 0.25) is 0 Å². The lowest BCUT2D eigenvalue weighted by molar-refractivity contribution is 0.0691. The third-order valence-corrected chi connectivity index (χ3v) is 1.89. The minimum absolute atomic E-state index is 0.0318. The number of aromatic carboxylic acids is 1. The van der Waals surface area contributed by atoms with Gasteiger partial charge in [-0.1, -0.05) is 22.0 Å². The molecule has 0 bridgehead atoms. The normalized spacial score (nSPS) is 10.7. The molecule has 0 unspecified atom stereocenters. The van der Waals surface area contributed by atoms with Gasteiger partial charge in [0.25, 0.3) is 0 Å². The van der Waals surface area contributed by atoms with Gasteiger partial charge >= 0.3 is 5.97 Å². The van der Waals surface area contributed by atoms with Crippen molar-refractivity contribution in [3.05, 3.63) is 35.4 Å². The van der Waals surface area contributed by atoms with Crippen LogP contribution in [0.1, 0.15) is 16.1 Å². The number of nitrogens with zero attached hydrogens (tertiary/aromatic N) is 1. The van der Waals surface area contributed by atoms with E-state index >= 15 is 0 Å². The smallest absolute Gasteiger partial charge is 0.338 e. The lowest BCUT2D eigenvalue weighted by atomic mass is 10.2. The average Bonchev–Trinajstić information content (AvgIpc) is 2.16. The van der Waals surface area contributed by atoms with Crippen molar-refractivity contribution in [1.29, 1.82) is 0 Å². The lowest BCUT2D eigenvalue weighted by Crippen LogP contribution is -2.03. The van der Waals surface area contributed by atoms with Gasteiger partial charge in [-0.05, 0) is 12.1 Å². The van der Waals surface area contributed by atoms with Gasteiger partial charge in [-0.25, -0.2) is 9.18 Å². The van der Waals surface area contributed by atoms with Crippen molar-refractivity contribution in [2.75, 3.05) is 5.33 Å². The molecule has 0 fully saturated rings. The fraction of sp³-hybridized carbons (Fsp3) is 0.111. The summed E-state index contributed by atoms with van der Waals surface area (Å²) in [5.41, 5.74) is -0.335. The Kier molecular flexibility index (Phi) is 3.76. The van der Waals surface area contributed by atoms with E-state index in [1.807, 2.05) is 0 Å². The molecule has 1 N–H and O–H groups in total. The molecule has 0 aromatic carbocycles. The van der Waals surface area contributed by atoms with E-state index in [1.165, 1.54) is 12.3 Å². The molecule has 1 heterocycles. The summed E-state index contributed by atoms with van der Waals surface area (Å²) >= 11 is 3.13. The number of alkyl halides is 1. The van der Waals surface area contributed by atoms with Gasteiger partial charge < -0.3 is 5.11 Å². The van der Waals surface area contributed by atoms with Gasteiger partial charge in [-0.3, -0.25) is 4.98 Å². The van der Waals surface area contributed by atoms with Crippen LogP contribution in [0.25, 0.3) is 6.08 Å². The molecule has 74 valence electrons. The number of hydrogen-bond donors (Lipinski definition) is 1. The zero-order valence-electron chi connectivity index (χ0n) is 7.08. The van der Waals surface area contributed by atoms with Crippen molar-refractivity contribution in [2.45, 2.75) is 0 Å². The Bertz CT molecular complexity index is 379. The summed E-state index contributed by atoms with van der Waals surface area (Å²) in [5, 5.41) is 9.18. The van der Waals surface area contributed by atoms with Gasteiger partial charge in [0, 0.05) is 11.5 Å². The largest absolute Gasteiger partial charge is 0.478 e. The molecule has 0 radical (unpaired) electrons. The van der Waals surface area contributed by atoms with Crippen molar-refractivity contribution < 1.29 is 14.3 Å². The SMILES string of the molecule is O=C(O)c1ccnc(C=CCBr)c1F. The highest BCUT2D eigenvalue weighted by molar-refractivity contribution is 9.09. The van der Waals surface area contributed by atoms with Crippen LogP contribution >= 0.6 is 15.9 Å². The van der Waals surface area contributed by atoms with Crippen LogP contribution in [0.2, 0.25) is 0 Å². The molecule has 0 aliphatic rings. The number of allylic oxidation sites excluding steroid dienone is 1. The van der Waals surface area contributed by atoms with Gasteiger partial charge in [-0.15, -0.1) is 0 Å².